The van der Waals surface area contributed by atoms with Crippen LogP contribution in [0, 0.1) is 0 Å². The number of carbonyl (C=O) groups is 1. The van der Waals surface area contributed by atoms with Crippen LogP contribution in [0.1, 0.15) is 30.4 Å². The SMILES string of the molecule is NC1=C(c2cccc(C(F)(F)F)c2)C(=O)C(N2CCCCC2)O1. The minimum Gasteiger partial charge on any atom is -0.452 e. The third-order valence-corrected chi connectivity index (χ3v) is 4.16. The van der Waals surface area contributed by atoms with Crippen molar-refractivity contribution in [2.75, 3.05) is 13.1 Å². The summed E-state index contributed by atoms with van der Waals surface area (Å²) in [5.74, 6) is -0.478. The number of piperidine rings is 1. The fourth-order valence-electron chi connectivity index (χ4n) is 3.01. The van der Waals surface area contributed by atoms with Crippen LogP contribution in [0.4, 0.5) is 13.2 Å². The molecule has 0 aromatic heterocycles. The van der Waals surface area contributed by atoms with Gasteiger partial charge in [-0.15, -0.1) is 0 Å². The maximum Gasteiger partial charge on any atom is 0.416 e. The summed E-state index contributed by atoms with van der Waals surface area (Å²) in [6.07, 6.45) is -2.27. The molecule has 0 aliphatic carbocycles. The molecule has 0 bridgehead atoms. The first-order valence-corrected chi connectivity index (χ1v) is 7.50. The third-order valence-electron chi connectivity index (χ3n) is 4.16. The van der Waals surface area contributed by atoms with Gasteiger partial charge in [-0.25, -0.2) is 0 Å². The summed E-state index contributed by atoms with van der Waals surface area (Å²) in [4.78, 5) is 14.5. The highest BCUT2D eigenvalue weighted by atomic mass is 19.4. The van der Waals surface area contributed by atoms with Crippen molar-refractivity contribution in [1.29, 1.82) is 0 Å². The smallest absolute Gasteiger partial charge is 0.416 e. The van der Waals surface area contributed by atoms with E-state index in [4.69, 9.17) is 10.5 Å². The molecular formula is C16H17F3N2O2. The van der Waals surface area contributed by atoms with Crippen molar-refractivity contribution < 1.29 is 22.7 Å². The van der Waals surface area contributed by atoms with Gasteiger partial charge in [0.15, 0.2) is 5.88 Å². The van der Waals surface area contributed by atoms with Gasteiger partial charge in [0.1, 0.15) is 0 Å². The summed E-state index contributed by atoms with van der Waals surface area (Å²) in [5, 5.41) is 0. The van der Waals surface area contributed by atoms with Crippen molar-refractivity contribution in [2.24, 2.45) is 5.73 Å². The molecule has 3 rings (SSSR count). The Morgan fingerprint density at radius 2 is 1.87 bits per heavy atom. The van der Waals surface area contributed by atoms with Crippen LogP contribution in [-0.2, 0) is 15.7 Å². The fraction of sp³-hybridized carbons (Fsp3) is 0.438. The van der Waals surface area contributed by atoms with E-state index in [0.717, 1.165) is 44.5 Å². The average Bonchev–Trinajstić information content (AvgIpc) is 2.82. The van der Waals surface area contributed by atoms with Crippen LogP contribution in [0.25, 0.3) is 5.57 Å². The zero-order chi connectivity index (χ0) is 16.6. The number of likely N-dealkylation sites (tertiary alicyclic amines) is 1. The van der Waals surface area contributed by atoms with E-state index in [-0.39, 0.29) is 22.8 Å². The number of rotatable bonds is 2. The molecule has 1 saturated heterocycles. The first-order chi connectivity index (χ1) is 10.9. The topological polar surface area (TPSA) is 55.6 Å². The highest BCUT2D eigenvalue weighted by Crippen LogP contribution is 2.34. The van der Waals surface area contributed by atoms with Gasteiger partial charge >= 0.3 is 6.18 Å². The van der Waals surface area contributed by atoms with Crippen LogP contribution in [0.2, 0.25) is 0 Å². The number of Topliss-reactive ketones (excluding diaryl/α,β-unsaturated/α-hetero) is 1. The lowest BCUT2D eigenvalue weighted by molar-refractivity contribution is -0.137. The Morgan fingerprint density at radius 1 is 1.17 bits per heavy atom. The summed E-state index contributed by atoms with van der Waals surface area (Å²) in [7, 11) is 0. The Balaban J connectivity index is 1.88. The third kappa shape index (κ3) is 3.06. The van der Waals surface area contributed by atoms with Crippen LogP contribution in [0.15, 0.2) is 30.1 Å². The number of nitrogens with two attached hydrogens (primary N) is 1. The molecule has 7 heteroatoms. The van der Waals surface area contributed by atoms with E-state index in [2.05, 4.69) is 0 Å². The molecule has 23 heavy (non-hydrogen) atoms. The summed E-state index contributed by atoms with van der Waals surface area (Å²) >= 11 is 0. The summed E-state index contributed by atoms with van der Waals surface area (Å²) < 4.78 is 44.0. The van der Waals surface area contributed by atoms with Crippen LogP contribution in [0.3, 0.4) is 0 Å². The van der Waals surface area contributed by atoms with Gasteiger partial charge < -0.3 is 10.5 Å². The molecule has 1 unspecified atom stereocenters. The molecule has 1 atom stereocenters. The number of nitrogens with zero attached hydrogens (tertiary/aromatic N) is 1. The van der Waals surface area contributed by atoms with Gasteiger partial charge in [0.05, 0.1) is 11.1 Å². The zero-order valence-electron chi connectivity index (χ0n) is 12.4. The molecule has 2 N–H and O–H groups in total. The van der Waals surface area contributed by atoms with Crippen LogP contribution >= 0.6 is 0 Å². The number of carbonyl (C=O) groups excluding carboxylic acids is 1. The maximum absolute atomic E-state index is 12.8. The van der Waals surface area contributed by atoms with E-state index in [1.54, 1.807) is 0 Å². The predicted octanol–water partition coefficient (Wildman–Crippen LogP) is 2.74. The minimum absolute atomic E-state index is 0.0340. The van der Waals surface area contributed by atoms with Crippen LogP contribution < -0.4 is 5.73 Å². The van der Waals surface area contributed by atoms with Crippen molar-refractivity contribution in [1.82, 2.24) is 4.90 Å². The Morgan fingerprint density at radius 3 is 2.52 bits per heavy atom. The molecule has 0 radical (unpaired) electrons. The lowest BCUT2D eigenvalue weighted by Gasteiger charge is -2.30. The predicted molar refractivity (Wildman–Crippen MR) is 77.9 cm³/mol. The monoisotopic (exact) mass is 326 g/mol. The van der Waals surface area contributed by atoms with Crippen LogP contribution in [-0.4, -0.2) is 30.0 Å². The lowest BCUT2D eigenvalue weighted by Crippen LogP contribution is -2.43. The zero-order valence-corrected chi connectivity index (χ0v) is 12.4. The maximum atomic E-state index is 12.8. The standard InChI is InChI=1S/C16H17F3N2O2/c17-16(18,19)11-6-4-5-10(9-11)12-13(22)15(23-14(12)20)21-7-2-1-3-8-21/h4-6,9,15H,1-3,7-8,20H2. The molecule has 0 amide bonds. The Labute approximate surface area is 131 Å². The molecule has 124 valence electrons. The van der Waals surface area contributed by atoms with Gasteiger partial charge in [0, 0.05) is 13.1 Å². The van der Waals surface area contributed by atoms with Gasteiger partial charge in [-0.05, 0) is 30.5 Å². The summed E-state index contributed by atoms with van der Waals surface area (Å²) in [6.45, 7) is 1.44. The number of hydrogen-bond donors (Lipinski definition) is 1. The first kappa shape index (κ1) is 15.9. The van der Waals surface area contributed by atoms with Crippen molar-refractivity contribution in [3.05, 3.63) is 41.3 Å². The Bertz CT molecular complexity index is 649. The molecule has 2 aliphatic rings. The highest BCUT2D eigenvalue weighted by molar-refractivity contribution is 6.24. The largest absolute Gasteiger partial charge is 0.452 e. The number of alkyl halides is 3. The van der Waals surface area contributed by atoms with E-state index in [1.807, 2.05) is 4.90 Å². The fourth-order valence-corrected chi connectivity index (χ4v) is 3.01. The van der Waals surface area contributed by atoms with Gasteiger partial charge in [-0.1, -0.05) is 18.6 Å². The van der Waals surface area contributed by atoms with Crippen molar-refractivity contribution in [3.63, 3.8) is 0 Å². The Kier molecular flexibility index (Phi) is 4.06. The minimum atomic E-state index is -4.47. The van der Waals surface area contributed by atoms with E-state index >= 15 is 0 Å². The Hall–Kier alpha value is -2.02. The van der Waals surface area contributed by atoms with E-state index in [9.17, 15) is 18.0 Å². The molecule has 1 fully saturated rings. The number of benzene rings is 1. The molecule has 4 nitrogen and oxygen atoms in total. The molecular weight excluding hydrogens is 309 g/mol. The molecule has 0 spiro atoms. The molecule has 2 heterocycles. The second-order valence-corrected chi connectivity index (χ2v) is 5.75. The summed E-state index contributed by atoms with van der Waals surface area (Å²) in [6, 6.07) is 4.60. The molecule has 2 aliphatic heterocycles. The quantitative estimate of drug-likeness (QED) is 0.908. The second kappa shape index (κ2) is 5.88. The first-order valence-electron chi connectivity index (χ1n) is 7.50. The van der Waals surface area contributed by atoms with Crippen molar-refractivity contribution in [2.45, 2.75) is 31.7 Å². The van der Waals surface area contributed by atoms with Gasteiger partial charge in [-0.3, -0.25) is 9.69 Å². The normalized spacial score (nSPS) is 23.3. The molecule has 0 saturated carbocycles. The van der Waals surface area contributed by atoms with E-state index in [1.165, 1.54) is 12.1 Å². The van der Waals surface area contributed by atoms with Crippen LogP contribution in [0.5, 0.6) is 0 Å². The number of halogens is 3. The molecule has 1 aromatic carbocycles. The van der Waals surface area contributed by atoms with E-state index in [0.29, 0.717) is 0 Å². The van der Waals surface area contributed by atoms with Crippen molar-refractivity contribution in [3.8, 4) is 0 Å². The molecule has 1 aromatic rings. The van der Waals surface area contributed by atoms with Gasteiger partial charge in [0.2, 0.25) is 12.0 Å². The van der Waals surface area contributed by atoms with Crippen molar-refractivity contribution >= 4 is 11.4 Å². The average molecular weight is 326 g/mol. The highest BCUT2D eigenvalue weighted by Gasteiger charge is 2.40. The lowest BCUT2D eigenvalue weighted by atomic mass is 9.99. The second-order valence-electron chi connectivity index (χ2n) is 5.75. The number of ether oxygens (including phenoxy) is 1. The van der Waals surface area contributed by atoms with E-state index < -0.39 is 18.0 Å². The number of ketones is 1. The van der Waals surface area contributed by atoms with Gasteiger partial charge in [-0.2, -0.15) is 13.2 Å². The number of hydrogen-bond acceptors (Lipinski definition) is 4. The van der Waals surface area contributed by atoms with Gasteiger partial charge in [0.25, 0.3) is 0 Å². The summed E-state index contributed by atoms with van der Waals surface area (Å²) in [5.41, 5.74) is 5.15.